The number of carboxylic acid groups (broad SMARTS) is 1. The monoisotopic (exact) mass is 481 g/mol. The molecule has 2 N–H and O–H groups in total. The SMILES string of the molecule is COc1ccc(-c2nc(C3CCN(C(=O)N(O)CC(=O)O)CC3)oc2-c2ccc(OC)cc2)cc1. The summed E-state index contributed by atoms with van der Waals surface area (Å²) in [5, 5.41) is 18.7. The van der Waals surface area contributed by atoms with Gasteiger partial charge in [-0.1, -0.05) is 0 Å². The van der Waals surface area contributed by atoms with Gasteiger partial charge in [-0.25, -0.2) is 9.78 Å². The topological polar surface area (TPSA) is 126 Å². The maximum absolute atomic E-state index is 12.3. The molecule has 3 aromatic rings. The fraction of sp³-hybridized carbons (Fsp3) is 0.320. The van der Waals surface area contributed by atoms with E-state index in [9.17, 15) is 14.8 Å². The number of aliphatic carboxylic acids is 1. The number of carboxylic acids is 1. The van der Waals surface area contributed by atoms with Crippen molar-refractivity contribution in [2.45, 2.75) is 18.8 Å². The van der Waals surface area contributed by atoms with Crippen LogP contribution in [0.15, 0.2) is 52.9 Å². The van der Waals surface area contributed by atoms with Crippen LogP contribution in [0.4, 0.5) is 4.79 Å². The Morgan fingerprint density at radius 1 is 1.00 bits per heavy atom. The number of nitrogens with zero attached hydrogens (tertiary/aromatic N) is 3. The van der Waals surface area contributed by atoms with Gasteiger partial charge < -0.3 is 23.9 Å². The maximum Gasteiger partial charge on any atom is 0.344 e. The Balaban J connectivity index is 1.58. The highest BCUT2D eigenvalue weighted by molar-refractivity contribution is 5.79. The Morgan fingerprint density at radius 3 is 2.06 bits per heavy atom. The number of piperidine rings is 1. The lowest BCUT2D eigenvalue weighted by Gasteiger charge is -2.32. The van der Waals surface area contributed by atoms with E-state index in [0.29, 0.717) is 43.3 Å². The van der Waals surface area contributed by atoms with Crippen LogP contribution >= 0.6 is 0 Å². The van der Waals surface area contributed by atoms with E-state index in [2.05, 4.69) is 0 Å². The van der Waals surface area contributed by atoms with Gasteiger partial charge in [-0.2, -0.15) is 5.06 Å². The van der Waals surface area contributed by atoms with Gasteiger partial charge in [0.1, 0.15) is 23.7 Å². The molecule has 184 valence electrons. The fourth-order valence-corrected chi connectivity index (χ4v) is 4.07. The van der Waals surface area contributed by atoms with Crippen molar-refractivity contribution in [3.05, 3.63) is 54.4 Å². The van der Waals surface area contributed by atoms with Gasteiger partial charge in [0.2, 0.25) is 0 Å². The first kappa shape index (κ1) is 24.1. The molecule has 10 heteroatoms. The van der Waals surface area contributed by atoms with E-state index in [0.717, 1.165) is 22.6 Å². The number of amides is 2. The van der Waals surface area contributed by atoms with Crippen molar-refractivity contribution in [2.24, 2.45) is 0 Å². The molecule has 0 bridgehead atoms. The number of rotatable bonds is 7. The summed E-state index contributed by atoms with van der Waals surface area (Å²) in [7, 11) is 3.22. The molecule has 2 heterocycles. The van der Waals surface area contributed by atoms with Crippen LogP contribution in [-0.4, -0.2) is 71.1 Å². The molecule has 2 amide bonds. The van der Waals surface area contributed by atoms with E-state index in [1.807, 2.05) is 48.5 Å². The highest BCUT2D eigenvalue weighted by atomic mass is 16.5. The zero-order chi connectivity index (χ0) is 24.9. The van der Waals surface area contributed by atoms with Crippen LogP contribution < -0.4 is 9.47 Å². The average molecular weight is 482 g/mol. The van der Waals surface area contributed by atoms with Gasteiger partial charge in [0.05, 0.1) is 14.2 Å². The van der Waals surface area contributed by atoms with Crippen LogP contribution in [-0.2, 0) is 4.79 Å². The first-order valence-electron chi connectivity index (χ1n) is 11.2. The number of hydroxylamine groups is 2. The van der Waals surface area contributed by atoms with Gasteiger partial charge in [0.15, 0.2) is 11.7 Å². The van der Waals surface area contributed by atoms with Crippen LogP contribution in [0.3, 0.4) is 0 Å². The molecule has 1 saturated heterocycles. The number of carbonyl (C=O) groups excluding carboxylic acids is 1. The van der Waals surface area contributed by atoms with Gasteiger partial charge in [0, 0.05) is 30.1 Å². The van der Waals surface area contributed by atoms with Crippen molar-refractivity contribution < 1.29 is 33.8 Å². The average Bonchev–Trinajstić information content (AvgIpc) is 3.33. The van der Waals surface area contributed by atoms with Crippen LogP contribution in [0.1, 0.15) is 24.7 Å². The molecule has 0 spiro atoms. The molecule has 0 aliphatic carbocycles. The summed E-state index contributed by atoms with van der Waals surface area (Å²) < 4.78 is 16.8. The molecule has 0 unspecified atom stereocenters. The number of hydrogen-bond donors (Lipinski definition) is 2. The van der Waals surface area contributed by atoms with Gasteiger partial charge in [-0.3, -0.25) is 10.0 Å². The Hall–Kier alpha value is -4.05. The number of ether oxygens (including phenoxy) is 2. The summed E-state index contributed by atoms with van der Waals surface area (Å²) in [6.45, 7) is -0.0778. The lowest BCUT2D eigenvalue weighted by molar-refractivity contribution is -0.146. The van der Waals surface area contributed by atoms with Crippen LogP contribution in [0.25, 0.3) is 22.6 Å². The normalized spacial score (nSPS) is 14.0. The van der Waals surface area contributed by atoms with Crippen molar-refractivity contribution in [1.82, 2.24) is 14.9 Å². The standard InChI is InChI=1S/C25H27N3O7/c1-33-19-7-3-16(4-8-19)22-23(17-5-9-20(34-2)10-6-17)35-24(26-22)18-11-13-27(14-12-18)25(31)28(32)15-21(29)30/h3-10,18,32H,11-15H2,1-2H3,(H,29,30). The van der Waals surface area contributed by atoms with E-state index in [4.69, 9.17) is 24.0 Å². The van der Waals surface area contributed by atoms with Crippen molar-refractivity contribution in [1.29, 1.82) is 0 Å². The summed E-state index contributed by atoms with van der Waals surface area (Å²) in [5.41, 5.74) is 2.44. The van der Waals surface area contributed by atoms with Crippen molar-refractivity contribution in [3.63, 3.8) is 0 Å². The second kappa shape index (κ2) is 10.5. The molecular formula is C25H27N3O7. The lowest BCUT2D eigenvalue weighted by Crippen LogP contribution is -2.46. The summed E-state index contributed by atoms with van der Waals surface area (Å²) in [4.78, 5) is 29.3. The number of benzene rings is 2. The molecule has 0 saturated carbocycles. The van der Waals surface area contributed by atoms with Crippen molar-refractivity contribution >= 4 is 12.0 Å². The number of likely N-dealkylation sites (tertiary alicyclic amines) is 1. The minimum atomic E-state index is -1.28. The molecule has 1 aromatic heterocycles. The minimum Gasteiger partial charge on any atom is -0.497 e. The Morgan fingerprint density at radius 2 is 1.54 bits per heavy atom. The number of methoxy groups -OCH3 is 2. The Labute approximate surface area is 202 Å². The molecule has 35 heavy (non-hydrogen) atoms. The van der Waals surface area contributed by atoms with Crippen molar-refractivity contribution in [3.8, 4) is 34.1 Å². The highest BCUT2D eigenvalue weighted by Gasteiger charge is 2.31. The molecule has 10 nitrogen and oxygen atoms in total. The molecule has 1 aliphatic rings. The second-order valence-corrected chi connectivity index (χ2v) is 8.18. The third kappa shape index (κ3) is 5.38. The number of oxazole rings is 1. The maximum atomic E-state index is 12.3. The summed E-state index contributed by atoms with van der Waals surface area (Å²) in [5.74, 6) is 1.36. The minimum absolute atomic E-state index is 0.0327. The Kier molecular flexibility index (Phi) is 7.21. The van der Waals surface area contributed by atoms with Gasteiger partial charge in [-0.15, -0.1) is 0 Å². The lowest BCUT2D eigenvalue weighted by atomic mass is 9.97. The summed E-state index contributed by atoms with van der Waals surface area (Å²) in [6, 6.07) is 14.4. The zero-order valence-corrected chi connectivity index (χ0v) is 19.5. The second-order valence-electron chi connectivity index (χ2n) is 8.18. The zero-order valence-electron chi connectivity index (χ0n) is 19.5. The highest BCUT2D eigenvalue weighted by Crippen LogP contribution is 2.38. The predicted molar refractivity (Wildman–Crippen MR) is 126 cm³/mol. The van der Waals surface area contributed by atoms with Gasteiger partial charge in [-0.05, 0) is 61.4 Å². The van der Waals surface area contributed by atoms with Crippen LogP contribution in [0.5, 0.6) is 11.5 Å². The smallest absolute Gasteiger partial charge is 0.344 e. The first-order chi connectivity index (χ1) is 16.9. The number of carbonyl (C=O) groups is 2. The molecule has 0 radical (unpaired) electrons. The molecule has 1 aliphatic heterocycles. The number of urea groups is 1. The number of hydrogen-bond acceptors (Lipinski definition) is 7. The van der Waals surface area contributed by atoms with E-state index >= 15 is 0 Å². The summed E-state index contributed by atoms with van der Waals surface area (Å²) in [6.07, 6.45) is 1.13. The van der Waals surface area contributed by atoms with Gasteiger partial charge >= 0.3 is 12.0 Å². The van der Waals surface area contributed by atoms with Crippen LogP contribution in [0, 0.1) is 0 Å². The molecule has 2 aromatic carbocycles. The molecular weight excluding hydrogens is 454 g/mol. The van der Waals surface area contributed by atoms with Gasteiger partial charge in [0.25, 0.3) is 0 Å². The first-order valence-corrected chi connectivity index (χ1v) is 11.2. The molecule has 0 atom stereocenters. The van der Waals surface area contributed by atoms with E-state index < -0.39 is 18.5 Å². The third-order valence-electron chi connectivity index (χ3n) is 5.98. The fourth-order valence-electron chi connectivity index (χ4n) is 4.07. The predicted octanol–water partition coefficient (Wildman–Crippen LogP) is 4.10. The van der Waals surface area contributed by atoms with Crippen molar-refractivity contribution in [2.75, 3.05) is 33.9 Å². The summed E-state index contributed by atoms with van der Waals surface area (Å²) >= 11 is 0. The molecule has 1 fully saturated rings. The largest absolute Gasteiger partial charge is 0.497 e. The van der Waals surface area contributed by atoms with E-state index in [-0.39, 0.29) is 11.0 Å². The molecule has 4 rings (SSSR count). The van der Waals surface area contributed by atoms with Crippen LogP contribution in [0.2, 0.25) is 0 Å². The van der Waals surface area contributed by atoms with E-state index in [1.165, 1.54) is 4.90 Å². The Bertz CT molecular complexity index is 1100. The van der Waals surface area contributed by atoms with E-state index in [1.54, 1.807) is 14.2 Å². The quantitative estimate of drug-likeness (QED) is 0.382. The number of aromatic nitrogens is 1. The third-order valence-corrected chi connectivity index (χ3v) is 5.98.